The van der Waals surface area contributed by atoms with E-state index in [0.717, 1.165) is 17.8 Å². The monoisotopic (exact) mass is 233 g/mol. The van der Waals surface area contributed by atoms with Crippen LogP contribution >= 0.6 is 11.3 Å². The van der Waals surface area contributed by atoms with Crippen molar-refractivity contribution in [3.05, 3.63) is 21.9 Å². The quantitative estimate of drug-likeness (QED) is 0.784. The Kier molecular flexibility index (Phi) is 2.16. The molecule has 3 aliphatic rings. The van der Waals surface area contributed by atoms with Crippen LogP contribution < -0.4 is 5.32 Å². The third-order valence-corrected chi connectivity index (χ3v) is 5.92. The van der Waals surface area contributed by atoms with E-state index in [2.05, 4.69) is 16.8 Å². The van der Waals surface area contributed by atoms with Crippen molar-refractivity contribution in [2.45, 2.75) is 38.1 Å². The van der Waals surface area contributed by atoms with Gasteiger partial charge in [0.15, 0.2) is 0 Å². The van der Waals surface area contributed by atoms with E-state index in [1.54, 1.807) is 16.9 Å². The highest BCUT2D eigenvalue weighted by Gasteiger charge is 2.44. The molecule has 4 unspecified atom stereocenters. The number of rotatable bonds is 1. The van der Waals surface area contributed by atoms with Crippen molar-refractivity contribution in [3.63, 3.8) is 0 Å². The van der Waals surface area contributed by atoms with E-state index in [0.29, 0.717) is 6.04 Å². The van der Waals surface area contributed by atoms with Gasteiger partial charge < -0.3 is 5.32 Å². The van der Waals surface area contributed by atoms with Gasteiger partial charge in [0.05, 0.1) is 0 Å². The van der Waals surface area contributed by atoms with Gasteiger partial charge in [0.2, 0.25) is 0 Å². The van der Waals surface area contributed by atoms with E-state index in [1.165, 1.54) is 32.2 Å². The van der Waals surface area contributed by atoms with E-state index in [4.69, 9.17) is 0 Å². The fourth-order valence-electron chi connectivity index (χ4n) is 3.85. The highest BCUT2D eigenvalue weighted by molar-refractivity contribution is 7.10. The minimum absolute atomic E-state index is 0.699. The van der Waals surface area contributed by atoms with Gasteiger partial charge in [-0.25, -0.2) is 0 Å². The maximum atomic E-state index is 3.78. The van der Waals surface area contributed by atoms with Crippen LogP contribution in [0.25, 0.3) is 0 Å². The summed E-state index contributed by atoms with van der Waals surface area (Å²) in [4.78, 5) is 1.66. The summed E-state index contributed by atoms with van der Waals surface area (Å²) in [6, 6.07) is 3.04. The van der Waals surface area contributed by atoms with Crippen LogP contribution in [-0.4, -0.2) is 6.54 Å². The van der Waals surface area contributed by atoms with Gasteiger partial charge in [-0.05, 0) is 73.4 Å². The van der Waals surface area contributed by atoms with Crippen LogP contribution in [0.2, 0.25) is 0 Å². The first-order valence-electron chi connectivity index (χ1n) is 6.71. The summed E-state index contributed by atoms with van der Waals surface area (Å²) >= 11 is 1.98. The van der Waals surface area contributed by atoms with Crippen LogP contribution in [0.15, 0.2) is 11.4 Å². The third kappa shape index (κ3) is 1.46. The van der Waals surface area contributed by atoms with Crippen LogP contribution in [0.5, 0.6) is 0 Å². The van der Waals surface area contributed by atoms with Crippen LogP contribution in [-0.2, 0) is 6.42 Å². The predicted octanol–water partition coefficient (Wildman–Crippen LogP) is 3.37. The number of hydrogen-bond acceptors (Lipinski definition) is 2. The summed E-state index contributed by atoms with van der Waals surface area (Å²) in [6.07, 6.45) is 7.26. The highest BCUT2D eigenvalue weighted by atomic mass is 32.1. The van der Waals surface area contributed by atoms with Crippen LogP contribution in [0.4, 0.5) is 0 Å². The van der Waals surface area contributed by atoms with E-state index < -0.39 is 0 Å². The van der Waals surface area contributed by atoms with E-state index >= 15 is 0 Å². The molecule has 0 saturated heterocycles. The number of hydrogen-bond donors (Lipinski definition) is 1. The lowest BCUT2D eigenvalue weighted by molar-refractivity contribution is 0.259. The molecule has 16 heavy (non-hydrogen) atoms. The van der Waals surface area contributed by atoms with Crippen molar-refractivity contribution in [3.8, 4) is 0 Å². The van der Waals surface area contributed by atoms with Crippen molar-refractivity contribution in [2.75, 3.05) is 6.54 Å². The topological polar surface area (TPSA) is 12.0 Å². The van der Waals surface area contributed by atoms with Crippen molar-refractivity contribution in [2.24, 2.45) is 17.8 Å². The van der Waals surface area contributed by atoms with E-state index in [9.17, 15) is 0 Å². The molecule has 0 amide bonds. The predicted molar refractivity (Wildman–Crippen MR) is 67.7 cm³/mol. The molecule has 2 saturated carbocycles. The van der Waals surface area contributed by atoms with Crippen molar-refractivity contribution >= 4 is 11.3 Å². The minimum atomic E-state index is 0.699. The van der Waals surface area contributed by atoms with E-state index in [-0.39, 0.29) is 0 Å². The van der Waals surface area contributed by atoms with Gasteiger partial charge in [0, 0.05) is 10.9 Å². The molecule has 1 aromatic rings. The fraction of sp³-hybridized carbons (Fsp3) is 0.714. The molecule has 1 nitrogen and oxygen atoms in total. The van der Waals surface area contributed by atoms with Gasteiger partial charge >= 0.3 is 0 Å². The number of fused-ring (bicyclic) bond motifs is 2. The summed E-state index contributed by atoms with van der Waals surface area (Å²) in [5, 5.41) is 6.07. The van der Waals surface area contributed by atoms with Crippen molar-refractivity contribution in [1.29, 1.82) is 0 Å². The molecule has 0 bridgehead atoms. The number of nitrogens with one attached hydrogen (secondary N) is 1. The standard InChI is InChI=1S/C14H19NS/c1-2-11(8-12-7-10(1)12)13-14-9(3-5-15-13)4-6-16-14/h4,6,10-13,15H,1-3,5,7-8H2. The molecule has 86 valence electrons. The second kappa shape index (κ2) is 3.58. The second-order valence-electron chi connectivity index (χ2n) is 5.82. The largest absolute Gasteiger partial charge is 0.309 e. The normalized spacial score (nSPS) is 41.2. The van der Waals surface area contributed by atoms with Gasteiger partial charge in [-0.3, -0.25) is 0 Å². The molecular weight excluding hydrogens is 214 g/mol. The molecule has 2 heteroatoms. The first-order chi connectivity index (χ1) is 7.92. The molecule has 2 aliphatic carbocycles. The molecule has 1 N–H and O–H groups in total. The lowest BCUT2D eigenvalue weighted by atomic mass is 9.81. The number of thiophene rings is 1. The molecule has 4 rings (SSSR count). The average molecular weight is 233 g/mol. The second-order valence-corrected chi connectivity index (χ2v) is 6.77. The Hall–Kier alpha value is -0.340. The maximum absolute atomic E-state index is 3.78. The van der Waals surface area contributed by atoms with Crippen LogP contribution in [0, 0.1) is 17.8 Å². The zero-order valence-corrected chi connectivity index (χ0v) is 10.4. The zero-order chi connectivity index (χ0) is 10.5. The smallest absolute Gasteiger partial charge is 0.0446 e. The fourth-order valence-corrected chi connectivity index (χ4v) is 4.98. The van der Waals surface area contributed by atoms with Crippen LogP contribution in [0.1, 0.15) is 42.2 Å². The summed E-state index contributed by atoms with van der Waals surface area (Å²) in [6.45, 7) is 1.19. The van der Waals surface area contributed by atoms with E-state index in [1.807, 2.05) is 11.3 Å². The molecule has 0 spiro atoms. The first-order valence-corrected chi connectivity index (χ1v) is 7.59. The molecule has 2 fully saturated rings. The Balaban J connectivity index is 1.59. The highest BCUT2D eigenvalue weighted by Crippen LogP contribution is 2.54. The SMILES string of the molecule is c1cc2c(s1)C(C1CCC3CC3C1)NCC2. The lowest BCUT2D eigenvalue weighted by Crippen LogP contribution is -2.34. The first kappa shape index (κ1) is 9.67. The Morgan fingerprint density at radius 2 is 2.00 bits per heavy atom. The maximum Gasteiger partial charge on any atom is 0.0446 e. The molecule has 1 aromatic heterocycles. The summed E-state index contributed by atoms with van der Waals surface area (Å²) in [5.41, 5.74) is 1.63. The van der Waals surface area contributed by atoms with Gasteiger partial charge in [0.1, 0.15) is 0 Å². The Bertz CT molecular complexity index is 397. The Morgan fingerprint density at radius 3 is 2.94 bits per heavy atom. The van der Waals surface area contributed by atoms with Crippen LogP contribution in [0.3, 0.4) is 0 Å². The Labute approximate surface area is 101 Å². The van der Waals surface area contributed by atoms with Gasteiger partial charge in [-0.1, -0.05) is 0 Å². The Morgan fingerprint density at radius 1 is 1.12 bits per heavy atom. The molecule has 0 aromatic carbocycles. The minimum Gasteiger partial charge on any atom is -0.309 e. The summed E-state index contributed by atoms with van der Waals surface area (Å²) in [7, 11) is 0. The molecule has 0 radical (unpaired) electrons. The zero-order valence-electron chi connectivity index (χ0n) is 9.61. The lowest BCUT2D eigenvalue weighted by Gasteiger charge is -2.33. The van der Waals surface area contributed by atoms with Gasteiger partial charge in [-0.2, -0.15) is 0 Å². The molecule has 1 aliphatic heterocycles. The molecular formula is C14H19NS. The molecule has 4 atom stereocenters. The van der Waals surface area contributed by atoms with Crippen molar-refractivity contribution < 1.29 is 0 Å². The van der Waals surface area contributed by atoms with Gasteiger partial charge in [0.25, 0.3) is 0 Å². The summed E-state index contributed by atoms with van der Waals surface area (Å²) < 4.78 is 0. The summed E-state index contributed by atoms with van der Waals surface area (Å²) in [5.74, 6) is 3.16. The third-order valence-electron chi connectivity index (χ3n) is 4.88. The van der Waals surface area contributed by atoms with Crippen molar-refractivity contribution in [1.82, 2.24) is 5.32 Å². The molecule has 2 heterocycles. The average Bonchev–Trinajstić information content (AvgIpc) is 2.93. The van der Waals surface area contributed by atoms with Gasteiger partial charge in [-0.15, -0.1) is 11.3 Å².